The number of fused-ring (bicyclic) bond motifs is 1. The molecule has 0 aromatic heterocycles. The van der Waals surface area contributed by atoms with Crippen molar-refractivity contribution in [2.24, 2.45) is 0 Å². The summed E-state index contributed by atoms with van der Waals surface area (Å²) in [6, 6.07) is 22.3. The van der Waals surface area contributed by atoms with Crippen molar-refractivity contribution < 1.29 is 5.11 Å². The fourth-order valence-electron chi connectivity index (χ4n) is 2.77. The van der Waals surface area contributed by atoms with E-state index in [4.69, 9.17) is 0 Å². The van der Waals surface area contributed by atoms with E-state index in [-0.39, 0.29) is 5.41 Å². The number of phenols is 1. The number of hydrogen-bond donors (Lipinski definition) is 1. The first kappa shape index (κ1) is 12.7. The molecule has 0 spiro atoms. The molecular formula is C19H18O. The van der Waals surface area contributed by atoms with E-state index >= 15 is 0 Å². The van der Waals surface area contributed by atoms with Crippen molar-refractivity contribution in [3.8, 4) is 5.75 Å². The summed E-state index contributed by atoms with van der Waals surface area (Å²) < 4.78 is 0. The maximum absolute atomic E-state index is 10.6. The van der Waals surface area contributed by atoms with E-state index in [0.29, 0.717) is 5.75 Å². The maximum Gasteiger partial charge on any atom is 0.127 e. The third kappa shape index (κ3) is 1.96. The molecule has 0 heterocycles. The minimum Gasteiger partial charge on any atom is -0.507 e. The lowest BCUT2D eigenvalue weighted by atomic mass is 9.77. The second-order valence-electron chi connectivity index (χ2n) is 5.67. The minimum absolute atomic E-state index is 0.227. The summed E-state index contributed by atoms with van der Waals surface area (Å²) in [5.41, 5.74) is 1.93. The van der Waals surface area contributed by atoms with Crippen molar-refractivity contribution in [1.29, 1.82) is 0 Å². The molecule has 3 aromatic carbocycles. The van der Waals surface area contributed by atoms with Crippen LogP contribution < -0.4 is 0 Å². The molecule has 0 atom stereocenters. The molecule has 0 unspecified atom stereocenters. The second kappa shape index (κ2) is 4.68. The van der Waals surface area contributed by atoms with Gasteiger partial charge in [-0.1, -0.05) is 80.6 Å². The Hall–Kier alpha value is -2.28. The van der Waals surface area contributed by atoms with Gasteiger partial charge in [0.1, 0.15) is 5.75 Å². The van der Waals surface area contributed by atoms with Crippen LogP contribution in [0.4, 0.5) is 0 Å². The van der Waals surface area contributed by atoms with Gasteiger partial charge in [0.05, 0.1) is 0 Å². The number of rotatable bonds is 2. The van der Waals surface area contributed by atoms with Gasteiger partial charge in [-0.15, -0.1) is 0 Å². The summed E-state index contributed by atoms with van der Waals surface area (Å²) in [6.07, 6.45) is 0. The van der Waals surface area contributed by atoms with Crippen LogP contribution in [0.5, 0.6) is 5.75 Å². The Bertz CT molecular complexity index is 742. The Kier molecular flexibility index (Phi) is 2.98. The lowest BCUT2D eigenvalue weighted by Gasteiger charge is -2.27. The highest BCUT2D eigenvalue weighted by Gasteiger charge is 2.26. The van der Waals surface area contributed by atoms with Crippen LogP contribution >= 0.6 is 0 Å². The molecule has 0 aliphatic rings. The molecule has 0 saturated heterocycles. The predicted octanol–water partition coefficient (Wildman–Crippen LogP) is 4.87. The van der Waals surface area contributed by atoms with Gasteiger partial charge in [0.25, 0.3) is 0 Å². The third-order valence-corrected chi connectivity index (χ3v) is 4.07. The van der Waals surface area contributed by atoms with Gasteiger partial charge in [0.2, 0.25) is 0 Å². The Morgan fingerprint density at radius 1 is 0.750 bits per heavy atom. The smallest absolute Gasteiger partial charge is 0.127 e. The van der Waals surface area contributed by atoms with E-state index in [1.165, 1.54) is 5.56 Å². The van der Waals surface area contributed by atoms with Crippen LogP contribution in [0.15, 0.2) is 66.7 Å². The highest BCUT2D eigenvalue weighted by Crippen LogP contribution is 2.40. The van der Waals surface area contributed by atoms with Crippen molar-refractivity contribution in [1.82, 2.24) is 0 Å². The molecule has 0 bridgehead atoms. The zero-order chi connectivity index (χ0) is 14.2. The number of aromatic hydroxyl groups is 1. The van der Waals surface area contributed by atoms with Crippen LogP contribution in [0.25, 0.3) is 10.8 Å². The van der Waals surface area contributed by atoms with Crippen molar-refractivity contribution in [2.45, 2.75) is 19.3 Å². The van der Waals surface area contributed by atoms with Gasteiger partial charge in [0.15, 0.2) is 0 Å². The van der Waals surface area contributed by atoms with Crippen LogP contribution in [0, 0.1) is 0 Å². The molecule has 0 aliphatic carbocycles. The van der Waals surface area contributed by atoms with E-state index in [1.54, 1.807) is 0 Å². The van der Waals surface area contributed by atoms with Gasteiger partial charge in [0, 0.05) is 16.4 Å². The summed E-state index contributed by atoms with van der Waals surface area (Å²) in [4.78, 5) is 0. The fourth-order valence-corrected chi connectivity index (χ4v) is 2.77. The van der Waals surface area contributed by atoms with Crippen LogP contribution in [0.1, 0.15) is 25.0 Å². The quantitative estimate of drug-likeness (QED) is 0.698. The van der Waals surface area contributed by atoms with E-state index < -0.39 is 0 Å². The van der Waals surface area contributed by atoms with Gasteiger partial charge in [-0.3, -0.25) is 0 Å². The Morgan fingerprint density at radius 2 is 1.40 bits per heavy atom. The molecule has 100 valence electrons. The molecule has 0 saturated carbocycles. The largest absolute Gasteiger partial charge is 0.507 e. The van der Waals surface area contributed by atoms with Crippen molar-refractivity contribution in [3.63, 3.8) is 0 Å². The minimum atomic E-state index is -0.227. The van der Waals surface area contributed by atoms with E-state index in [0.717, 1.165) is 16.3 Å². The number of phenolic OH excluding ortho intramolecular Hbond substituents is 1. The van der Waals surface area contributed by atoms with Crippen molar-refractivity contribution in [3.05, 3.63) is 77.9 Å². The Morgan fingerprint density at radius 3 is 2.15 bits per heavy atom. The average Bonchev–Trinajstić information content (AvgIpc) is 2.48. The topological polar surface area (TPSA) is 20.2 Å². The lowest BCUT2D eigenvalue weighted by Crippen LogP contribution is -2.18. The molecule has 0 aliphatic heterocycles. The first-order chi connectivity index (χ1) is 9.60. The lowest BCUT2D eigenvalue weighted by molar-refractivity contribution is 0.459. The summed E-state index contributed by atoms with van der Waals surface area (Å²) >= 11 is 0. The number of hydrogen-bond acceptors (Lipinski definition) is 1. The molecule has 0 radical (unpaired) electrons. The molecule has 3 aromatic rings. The second-order valence-corrected chi connectivity index (χ2v) is 5.67. The van der Waals surface area contributed by atoms with E-state index in [1.807, 2.05) is 48.5 Å². The first-order valence-electron chi connectivity index (χ1n) is 6.87. The van der Waals surface area contributed by atoms with E-state index in [2.05, 4.69) is 32.0 Å². The monoisotopic (exact) mass is 262 g/mol. The summed E-state index contributed by atoms with van der Waals surface area (Å²) in [6.45, 7) is 4.29. The molecular weight excluding hydrogens is 244 g/mol. The average molecular weight is 262 g/mol. The van der Waals surface area contributed by atoms with Gasteiger partial charge < -0.3 is 5.11 Å². The Labute approximate surface area is 119 Å². The van der Waals surface area contributed by atoms with Gasteiger partial charge in [-0.2, -0.15) is 0 Å². The number of benzene rings is 3. The molecule has 1 heteroatoms. The molecule has 1 nitrogen and oxygen atoms in total. The van der Waals surface area contributed by atoms with Crippen molar-refractivity contribution in [2.75, 3.05) is 0 Å². The third-order valence-electron chi connectivity index (χ3n) is 4.07. The van der Waals surface area contributed by atoms with Crippen LogP contribution in [0.3, 0.4) is 0 Å². The predicted molar refractivity (Wildman–Crippen MR) is 84.2 cm³/mol. The highest BCUT2D eigenvalue weighted by molar-refractivity contribution is 5.89. The maximum atomic E-state index is 10.6. The zero-order valence-electron chi connectivity index (χ0n) is 11.8. The van der Waals surface area contributed by atoms with Crippen molar-refractivity contribution >= 4 is 10.8 Å². The SMILES string of the molecule is CC(C)(c1ccccc1)c1ccc2ccccc2c1O. The van der Waals surface area contributed by atoms with E-state index in [9.17, 15) is 5.11 Å². The highest BCUT2D eigenvalue weighted by atomic mass is 16.3. The summed E-state index contributed by atoms with van der Waals surface area (Å²) in [7, 11) is 0. The van der Waals surface area contributed by atoms with Gasteiger partial charge in [-0.05, 0) is 10.9 Å². The molecule has 0 fully saturated rings. The molecule has 1 N–H and O–H groups in total. The van der Waals surface area contributed by atoms with Crippen LogP contribution in [0.2, 0.25) is 0 Å². The summed E-state index contributed by atoms with van der Waals surface area (Å²) in [5, 5.41) is 12.6. The Balaban J connectivity index is 2.22. The van der Waals surface area contributed by atoms with Crippen LogP contribution in [-0.4, -0.2) is 5.11 Å². The van der Waals surface area contributed by atoms with Crippen LogP contribution in [-0.2, 0) is 5.41 Å². The molecule has 20 heavy (non-hydrogen) atoms. The standard InChI is InChI=1S/C19H18O/c1-19(2,15-9-4-3-5-10-15)17-13-12-14-8-6-7-11-16(14)18(17)20/h3-13,20H,1-2H3. The van der Waals surface area contributed by atoms with Gasteiger partial charge in [-0.25, -0.2) is 0 Å². The normalized spacial score (nSPS) is 11.7. The molecule has 3 rings (SSSR count). The zero-order valence-corrected chi connectivity index (χ0v) is 11.8. The first-order valence-corrected chi connectivity index (χ1v) is 6.87. The molecule has 0 amide bonds. The summed E-state index contributed by atoms with van der Waals surface area (Å²) in [5.74, 6) is 0.386. The van der Waals surface area contributed by atoms with Gasteiger partial charge >= 0.3 is 0 Å². The fraction of sp³-hybridized carbons (Fsp3) is 0.158.